The molecular weight excluding hydrogens is 366 g/mol. The molecule has 2 nitrogen and oxygen atoms in total. The lowest BCUT2D eigenvalue weighted by Gasteiger charge is -2.08. The lowest BCUT2D eigenvalue weighted by atomic mass is 10.0. The summed E-state index contributed by atoms with van der Waals surface area (Å²) in [5, 5.41) is 0. The molecule has 3 aromatic rings. The SMILES string of the molecule is CCCCCCOc1ccc(-c2ccc(-c3ccc(CCCCC)cn3)cc2)cc1. The zero-order chi connectivity index (χ0) is 21.0. The number of hydrogen-bond acceptors (Lipinski definition) is 2. The van der Waals surface area contributed by atoms with Gasteiger partial charge in [-0.15, -0.1) is 0 Å². The Morgan fingerprint density at radius 3 is 1.90 bits per heavy atom. The molecule has 30 heavy (non-hydrogen) atoms. The van der Waals surface area contributed by atoms with Gasteiger partial charge in [-0.3, -0.25) is 4.98 Å². The van der Waals surface area contributed by atoms with Crippen LogP contribution in [0.5, 0.6) is 5.75 Å². The predicted octanol–water partition coefficient (Wildman–Crippen LogP) is 8.11. The largest absolute Gasteiger partial charge is 0.494 e. The van der Waals surface area contributed by atoms with E-state index in [0.29, 0.717) is 0 Å². The fourth-order valence-electron chi connectivity index (χ4n) is 3.62. The van der Waals surface area contributed by atoms with Gasteiger partial charge in [0, 0.05) is 11.8 Å². The van der Waals surface area contributed by atoms with E-state index in [4.69, 9.17) is 4.74 Å². The third kappa shape index (κ3) is 6.73. The molecule has 158 valence electrons. The van der Waals surface area contributed by atoms with Crippen molar-refractivity contribution < 1.29 is 4.74 Å². The molecule has 2 heteroatoms. The molecule has 0 aliphatic rings. The smallest absolute Gasteiger partial charge is 0.119 e. The molecule has 0 spiro atoms. The van der Waals surface area contributed by atoms with E-state index in [2.05, 4.69) is 79.5 Å². The highest BCUT2D eigenvalue weighted by atomic mass is 16.5. The number of aromatic nitrogens is 1. The number of hydrogen-bond donors (Lipinski definition) is 0. The van der Waals surface area contributed by atoms with Crippen molar-refractivity contribution in [2.24, 2.45) is 0 Å². The highest BCUT2D eigenvalue weighted by Crippen LogP contribution is 2.26. The number of nitrogens with zero attached hydrogens (tertiary/aromatic N) is 1. The van der Waals surface area contributed by atoms with Crippen LogP contribution in [0.1, 0.15) is 64.4 Å². The Morgan fingerprint density at radius 1 is 0.633 bits per heavy atom. The Balaban J connectivity index is 1.56. The van der Waals surface area contributed by atoms with E-state index in [0.717, 1.165) is 36.5 Å². The molecule has 0 amide bonds. The second-order valence-corrected chi connectivity index (χ2v) is 8.02. The summed E-state index contributed by atoms with van der Waals surface area (Å²) in [4.78, 5) is 4.67. The Morgan fingerprint density at radius 2 is 1.27 bits per heavy atom. The van der Waals surface area contributed by atoms with Crippen molar-refractivity contribution in [1.82, 2.24) is 4.98 Å². The summed E-state index contributed by atoms with van der Waals surface area (Å²) in [6.45, 7) is 5.27. The Kier molecular flexibility index (Phi) is 8.96. The topological polar surface area (TPSA) is 22.1 Å². The van der Waals surface area contributed by atoms with Gasteiger partial charge in [0.2, 0.25) is 0 Å². The first-order chi connectivity index (χ1) is 14.8. The van der Waals surface area contributed by atoms with E-state index < -0.39 is 0 Å². The van der Waals surface area contributed by atoms with E-state index in [-0.39, 0.29) is 0 Å². The van der Waals surface area contributed by atoms with Crippen LogP contribution in [0, 0.1) is 0 Å². The van der Waals surface area contributed by atoms with E-state index in [1.165, 1.54) is 55.2 Å². The van der Waals surface area contributed by atoms with Gasteiger partial charge in [0.25, 0.3) is 0 Å². The summed E-state index contributed by atoms with van der Waals surface area (Å²) in [5.74, 6) is 0.954. The minimum absolute atomic E-state index is 0.804. The van der Waals surface area contributed by atoms with Gasteiger partial charge in [-0.1, -0.05) is 88.4 Å². The van der Waals surface area contributed by atoms with Gasteiger partial charge in [-0.25, -0.2) is 0 Å². The van der Waals surface area contributed by atoms with Gasteiger partial charge < -0.3 is 4.74 Å². The number of unbranched alkanes of at least 4 members (excludes halogenated alkanes) is 5. The van der Waals surface area contributed by atoms with Crippen LogP contribution < -0.4 is 4.74 Å². The molecular formula is C28H35NO. The molecule has 1 heterocycles. The number of ether oxygens (including phenoxy) is 1. The lowest BCUT2D eigenvalue weighted by Crippen LogP contribution is -1.96. The van der Waals surface area contributed by atoms with Gasteiger partial charge >= 0.3 is 0 Å². The summed E-state index contributed by atoms with van der Waals surface area (Å²) >= 11 is 0. The monoisotopic (exact) mass is 401 g/mol. The maximum Gasteiger partial charge on any atom is 0.119 e. The average molecular weight is 402 g/mol. The van der Waals surface area contributed by atoms with E-state index in [1.54, 1.807) is 0 Å². The average Bonchev–Trinajstić information content (AvgIpc) is 2.80. The lowest BCUT2D eigenvalue weighted by molar-refractivity contribution is 0.305. The third-order valence-corrected chi connectivity index (χ3v) is 5.53. The van der Waals surface area contributed by atoms with Gasteiger partial charge in [-0.2, -0.15) is 0 Å². The molecule has 0 aliphatic carbocycles. The van der Waals surface area contributed by atoms with Crippen molar-refractivity contribution in [3.05, 3.63) is 72.4 Å². The molecule has 2 aromatic carbocycles. The van der Waals surface area contributed by atoms with Crippen LogP contribution in [0.25, 0.3) is 22.4 Å². The Hall–Kier alpha value is -2.61. The van der Waals surface area contributed by atoms with E-state index in [1.807, 2.05) is 6.20 Å². The number of benzene rings is 2. The standard InChI is InChI=1S/C28H35NO/c1-3-5-7-9-21-30-27-18-16-25(17-19-27)24-12-14-26(15-13-24)28-20-11-23(22-29-28)10-8-6-4-2/h11-20,22H,3-10,21H2,1-2H3. The number of rotatable bonds is 12. The van der Waals surface area contributed by atoms with Crippen LogP contribution in [0.2, 0.25) is 0 Å². The minimum atomic E-state index is 0.804. The summed E-state index contributed by atoms with van der Waals surface area (Å²) in [6, 6.07) is 21.4. The molecule has 0 radical (unpaired) electrons. The predicted molar refractivity (Wildman–Crippen MR) is 128 cm³/mol. The van der Waals surface area contributed by atoms with Gasteiger partial charge in [-0.05, 0) is 54.2 Å². The van der Waals surface area contributed by atoms with Crippen molar-refractivity contribution in [3.63, 3.8) is 0 Å². The fraction of sp³-hybridized carbons (Fsp3) is 0.393. The van der Waals surface area contributed by atoms with Crippen molar-refractivity contribution in [2.75, 3.05) is 6.61 Å². The first kappa shape index (κ1) is 22.1. The van der Waals surface area contributed by atoms with E-state index in [9.17, 15) is 0 Å². The highest BCUT2D eigenvalue weighted by Gasteiger charge is 2.03. The number of aryl methyl sites for hydroxylation is 1. The second-order valence-electron chi connectivity index (χ2n) is 8.02. The normalized spacial score (nSPS) is 10.9. The molecule has 0 fully saturated rings. The van der Waals surface area contributed by atoms with Crippen LogP contribution in [-0.4, -0.2) is 11.6 Å². The minimum Gasteiger partial charge on any atom is -0.494 e. The Labute approximate surface area is 182 Å². The number of pyridine rings is 1. The molecule has 0 saturated carbocycles. The zero-order valence-corrected chi connectivity index (χ0v) is 18.6. The van der Waals surface area contributed by atoms with Gasteiger partial charge in [0.05, 0.1) is 12.3 Å². The van der Waals surface area contributed by atoms with E-state index >= 15 is 0 Å². The molecule has 0 saturated heterocycles. The summed E-state index contributed by atoms with van der Waals surface area (Å²) < 4.78 is 5.85. The van der Waals surface area contributed by atoms with Crippen molar-refractivity contribution in [3.8, 4) is 28.1 Å². The van der Waals surface area contributed by atoms with Gasteiger partial charge in [0.15, 0.2) is 0 Å². The summed E-state index contributed by atoms with van der Waals surface area (Å²) in [6.07, 6.45) is 11.9. The molecule has 0 bridgehead atoms. The van der Waals surface area contributed by atoms with Gasteiger partial charge in [0.1, 0.15) is 5.75 Å². The maximum atomic E-state index is 5.85. The van der Waals surface area contributed by atoms with Crippen LogP contribution in [0.15, 0.2) is 66.9 Å². The van der Waals surface area contributed by atoms with Crippen molar-refractivity contribution in [2.45, 2.75) is 65.2 Å². The summed E-state index contributed by atoms with van der Waals surface area (Å²) in [7, 11) is 0. The Bertz CT molecular complexity index is 851. The molecule has 3 rings (SSSR count). The van der Waals surface area contributed by atoms with Crippen LogP contribution in [0.4, 0.5) is 0 Å². The second kappa shape index (κ2) is 12.2. The first-order valence-corrected chi connectivity index (χ1v) is 11.6. The maximum absolute atomic E-state index is 5.85. The third-order valence-electron chi connectivity index (χ3n) is 5.53. The highest BCUT2D eigenvalue weighted by molar-refractivity contribution is 5.69. The molecule has 0 aliphatic heterocycles. The molecule has 0 atom stereocenters. The molecule has 1 aromatic heterocycles. The molecule has 0 unspecified atom stereocenters. The quantitative estimate of drug-likeness (QED) is 0.286. The fourth-order valence-corrected chi connectivity index (χ4v) is 3.62. The summed E-state index contributed by atoms with van der Waals surface area (Å²) in [5.41, 5.74) is 5.94. The van der Waals surface area contributed by atoms with Crippen LogP contribution in [-0.2, 0) is 6.42 Å². The van der Waals surface area contributed by atoms with Crippen LogP contribution >= 0.6 is 0 Å². The van der Waals surface area contributed by atoms with Crippen molar-refractivity contribution >= 4 is 0 Å². The zero-order valence-electron chi connectivity index (χ0n) is 18.6. The van der Waals surface area contributed by atoms with Crippen molar-refractivity contribution in [1.29, 1.82) is 0 Å². The van der Waals surface area contributed by atoms with Crippen LogP contribution in [0.3, 0.4) is 0 Å². The molecule has 0 N–H and O–H groups in total. The first-order valence-electron chi connectivity index (χ1n) is 11.6.